The molecule has 0 N–H and O–H groups in total. The molecule has 0 nitrogen and oxygen atoms in total. The van der Waals surface area contributed by atoms with Gasteiger partial charge in [0.15, 0.2) is 0 Å². The van der Waals surface area contributed by atoms with E-state index < -0.39 is 4.84 Å². The molecule has 0 aliphatic heterocycles. The van der Waals surface area contributed by atoms with Crippen molar-refractivity contribution in [2.45, 2.75) is 18.7 Å². The van der Waals surface area contributed by atoms with E-state index in [-0.39, 0.29) is 0 Å². The van der Waals surface area contributed by atoms with Gasteiger partial charge in [-0.1, -0.05) is 60.2 Å². The zero-order chi connectivity index (χ0) is 17.6. The first-order valence-electron chi connectivity index (χ1n) is 8.28. The highest BCUT2D eigenvalue weighted by Crippen LogP contribution is 2.41. The van der Waals surface area contributed by atoms with Gasteiger partial charge in [-0.3, -0.25) is 0 Å². The Balaban J connectivity index is 2.11. The van der Waals surface area contributed by atoms with Crippen molar-refractivity contribution < 1.29 is 0 Å². The minimum absolute atomic E-state index is 0.562. The smallest absolute Gasteiger partial charge is 0.100 e. The van der Waals surface area contributed by atoms with E-state index in [9.17, 15) is 0 Å². The molecule has 25 heavy (non-hydrogen) atoms. The molecule has 0 saturated carbocycles. The van der Waals surface area contributed by atoms with Crippen molar-refractivity contribution in [3.8, 4) is 11.1 Å². The third kappa shape index (κ3) is 2.80. The van der Waals surface area contributed by atoms with Crippen molar-refractivity contribution in [1.82, 2.24) is 0 Å². The van der Waals surface area contributed by atoms with E-state index in [1.54, 1.807) is 0 Å². The van der Waals surface area contributed by atoms with Gasteiger partial charge in [0, 0.05) is 0 Å². The lowest BCUT2D eigenvalue weighted by molar-refractivity contribution is 1.27. The van der Waals surface area contributed by atoms with Gasteiger partial charge >= 0.3 is 0 Å². The SMILES string of the molecule is Cc1cc(C)c(-c2cccc3c2c[c]c2ccccc23)c(C(Cl)Cl)c1. The fraction of sp³-hybridized carbons (Fsp3) is 0.130. The zero-order valence-corrected chi connectivity index (χ0v) is 15.6. The maximum Gasteiger partial charge on any atom is 0.133 e. The summed E-state index contributed by atoms with van der Waals surface area (Å²) in [7, 11) is 0. The third-order valence-corrected chi connectivity index (χ3v) is 5.18. The predicted octanol–water partition coefficient (Wildman–Crippen LogP) is 7.55. The molecule has 123 valence electrons. The standard InChI is InChI=1S/C23H17Cl2/c1-14-12-15(2)22(21(13-14)23(24)25)20-9-5-8-18-17-7-4-3-6-16(17)10-11-19(18)20/h3-9,11-13,23H,1-2H3. The van der Waals surface area contributed by atoms with Crippen LogP contribution < -0.4 is 0 Å². The van der Waals surface area contributed by atoms with Crippen LogP contribution in [0.5, 0.6) is 0 Å². The van der Waals surface area contributed by atoms with Crippen LogP contribution in [0.25, 0.3) is 32.7 Å². The summed E-state index contributed by atoms with van der Waals surface area (Å²) in [4.78, 5) is -0.562. The highest BCUT2D eigenvalue weighted by molar-refractivity contribution is 6.44. The van der Waals surface area contributed by atoms with E-state index in [0.717, 1.165) is 22.1 Å². The lowest BCUT2D eigenvalue weighted by atomic mass is 9.89. The first-order chi connectivity index (χ1) is 12.1. The van der Waals surface area contributed by atoms with Crippen LogP contribution in [0.4, 0.5) is 0 Å². The Morgan fingerprint density at radius 1 is 0.840 bits per heavy atom. The van der Waals surface area contributed by atoms with E-state index in [0.29, 0.717) is 0 Å². The van der Waals surface area contributed by atoms with Crippen LogP contribution in [0.3, 0.4) is 0 Å². The summed E-state index contributed by atoms with van der Waals surface area (Å²) in [6, 6.07) is 24.5. The molecule has 0 saturated heterocycles. The number of aryl methyl sites for hydroxylation is 2. The number of fused-ring (bicyclic) bond motifs is 3. The first-order valence-corrected chi connectivity index (χ1v) is 9.15. The van der Waals surface area contributed by atoms with Crippen LogP contribution in [-0.4, -0.2) is 0 Å². The number of benzene rings is 4. The fourth-order valence-electron chi connectivity index (χ4n) is 3.71. The van der Waals surface area contributed by atoms with Gasteiger partial charge < -0.3 is 0 Å². The van der Waals surface area contributed by atoms with Crippen LogP contribution in [0.15, 0.2) is 60.7 Å². The Kier molecular flexibility index (Phi) is 4.19. The topological polar surface area (TPSA) is 0 Å². The van der Waals surface area contributed by atoms with Crippen LogP contribution >= 0.6 is 23.2 Å². The maximum atomic E-state index is 6.31. The molecule has 0 heterocycles. The van der Waals surface area contributed by atoms with Crippen molar-refractivity contribution in [1.29, 1.82) is 0 Å². The van der Waals surface area contributed by atoms with Crippen LogP contribution in [0.1, 0.15) is 21.5 Å². The Morgan fingerprint density at radius 3 is 2.40 bits per heavy atom. The molecule has 4 aromatic rings. The Bertz CT molecular complexity index is 1090. The molecule has 0 fully saturated rings. The summed E-state index contributed by atoms with van der Waals surface area (Å²) in [5.74, 6) is 0. The second-order valence-electron chi connectivity index (χ2n) is 6.45. The molecule has 0 unspecified atom stereocenters. The average molecular weight is 364 g/mol. The maximum absolute atomic E-state index is 6.31. The zero-order valence-electron chi connectivity index (χ0n) is 14.1. The molecule has 4 rings (SSSR count). The van der Waals surface area contributed by atoms with Gasteiger partial charge in [-0.25, -0.2) is 0 Å². The average Bonchev–Trinajstić information content (AvgIpc) is 2.60. The van der Waals surface area contributed by atoms with Gasteiger partial charge in [-0.15, -0.1) is 23.2 Å². The van der Waals surface area contributed by atoms with Crippen LogP contribution in [0, 0.1) is 19.9 Å². The number of hydrogen-bond acceptors (Lipinski definition) is 0. The van der Waals surface area contributed by atoms with Crippen molar-refractivity contribution in [3.05, 3.63) is 83.4 Å². The lowest BCUT2D eigenvalue weighted by Crippen LogP contribution is -1.95. The molecule has 0 atom stereocenters. The fourth-order valence-corrected chi connectivity index (χ4v) is 4.05. The van der Waals surface area contributed by atoms with Gasteiger partial charge in [-0.05, 0) is 69.8 Å². The molecule has 2 heteroatoms. The quantitative estimate of drug-likeness (QED) is 0.254. The van der Waals surface area contributed by atoms with Crippen molar-refractivity contribution in [3.63, 3.8) is 0 Å². The van der Waals surface area contributed by atoms with E-state index in [4.69, 9.17) is 23.2 Å². The van der Waals surface area contributed by atoms with Gasteiger partial charge in [0.1, 0.15) is 4.84 Å². The van der Waals surface area contributed by atoms with E-state index in [1.165, 1.54) is 27.3 Å². The minimum Gasteiger partial charge on any atom is -0.100 e. The van der Waals surface area contributed by atoms with Crippen LogP contribution in [-0.2, 0) is 0 Å². The van der Waals surface area contributed by atoms with E-state index >= 15 is 0 Å². The van der Waals surface area contributed by atoms with Crippen molar-refractivity contribution >= 4 is 44.7 Å². The summed E-state index contributed by atoms with van der Waals surface area (Å²) in [5.41, 5.74) is 5.58. The number of hydrogen-bond donors (Lipinski definition) is 0. The van der Waals surface area contributed by atoms with E-state index in [1.807, 2.05) is 6.07 Å². The molecule has 0 aromatic heterocycles. The Morgan fingerprint density at radius 2 is 1.60 bits per heavy atom. The molecular formula is C23H17Cl2. The number of alkyl halides is 2. The second-order valence-corrected chi connectivity index (χ2v) is 7.54. The van der Waals surface area contributed by atoms with Gasteiger partial charge in [0.25, 0.3) is 0 Å². The molecule has 4 aromatic carbocycles. The largest absolute Gasteiger partial charge is 0.133 e. The summed E-state index contributed by atoms with van der Waals surface area (Å²) < 4.78 is 0. The van der Waals surface area contributed by atoms with E-state index in [2.05, 4.69) is 74.5 Å². The number of halogens is 2. The molecule has 0 spiro atoms. The molecule has 0 bridgehead atoms. The summed E-state index contributed by atoms with van der Waals surface area (Å²) in [5, 5.41) is 4.73. The van der Waals surface area contributed by atoms with Crippen molar-refractivity contribution in [2.75, 3.05) is 0 Å². The lowest BCUT2D eigenvalue weighted by Gasteiger charge is -2.17. The van der Waals surface area contributed by atoms with Crippen molar-refractivity contribution in [2.24, 2.45) is 0 Å². The van der Waals surface area contributed by atoms with Crippen LogP contribution in [0.2, 0.25) is 0 Å². The molecule has 1 radical (unpaired) electrons. The third-order valence-electron chi connectivity index (χ3n) is 4.71. The van der Waals surface area contributed by atoms with Gasteiger partial charge in [-0.2, -0.15) is 0 Å². The monoisotopic (exact) mass is 363 g/mol. The molecule has 0 amide bonds. The normalized spacial score (nSPS) is 11.6. The highest BCUT2D eigenvalue weighted by Gasteiger charge is 2.17. The first kappa shape index (κ1) is 16.4. The van der Waals surface area contributed by atoms with Gasteiger partial charge in [0.05, 0.1) is 0 Å². The summed E-state index contributed by atoms with van der Waals surface area (Å²) >= 11 is 12.6. The Labute approximate surface area is 158 Å². The Hall–Kier alpha value is -2.02. The highest BCUT2D eigenvalue weighted by atomic mass is 35.5. The van der Waals surface area contributed by atoms with Gasteiger partial charge in [0.2, 0.25) is 0 Å². The summed E-state index contributed by atoms with van der Waals surface area (Å²) in [6.45, 7) is 4.19. The summed E-state index contributed by atoms with van der Waals surface area (Å²) in [6.07, 6.45) is 0. The molecular weight excluding hydrogens is 347 g/mol. The second kappa shape index (κ2) is 6.37. The predicted molar refractivity (Wildman–Crippen MR) is 110 cm³/mol. The minimum atomic E-state index is -0.562. The molecule has 0 aliphatic carbocycles. The number of rotatable bonds is 2. The molecule has 0 aliphatic rings.